The van der Waals surface area contributed by atoms with Crippen LogP contribution in [0.25, 0.3) is 0 Å². The molecule has 0 aliphatic carbocycles. The highest BCUT2D eigenvalue weighted by atomic mass is 35.5. The maximum absolute atomic E-state index is 11.5. The standard InChI is InChI=1S/C15H21ClN2O2/c1-11(2)7-9-17-14(19)15(20)18-10-8-12-3-5-13(16)6-4-12/h3-6,11H,7-10H2,1-2H3,(H,17,19)(H,18,20). The predicted molar refractivity (Wildman–Crippen MR) is 80.6 cm³/mol. The van der Waals surface area contributed by atoms with E-state index < -0.39 is 11.8 Å². The topological polar surface area (TPSA) is 58.2 Å². The molecular formula is C15H21ClN2O2. The third-order valence-corrected chi connectivity index (χ3v) is 3.08. The SMILES string of the molecule is CC(C)CCNC(=O)C(=O)NCCc1ccc(Cl)cc1. The molecule has 0 radical (unpaired) electrons. The van der Waals surface area contributed by atoms with Crippen LogP contribution in [0.4, 0.5) is 0 Å². The molecule has 0 atom stereocenters. The molecule has 5 heteroatoms. The third-order valence-electron chi connectivity index (χ3n) is 2.83. The summed E-state index contributed by atoms with van der Waals surface area (Å²) in [7, 11) is 0. The molecule has 0 fully saturated rings. The molecule has 0 aliphatic heterocycles. The highest BCUT2D eigenvalue weighted by molar-refractivity contribution is 6.35. The zero-order valence-corrected chi connectivity index (χ0v) is 12.7. The number of benzene rings is 1. The number of carbonyl (C=O) groups is 2. The smallest absolute Gasteiger partial charge is 0.309 e. The van der Waals surface area contributed by atoms with Gasteiger partial charge in [-0.2, -0.15) is 0 Å². The summed E-state index contributed by atoms with van der Waals surface area (Å²) < 4.78 is 0. The average Bonchev–Trinajstić information content (AvgIpc) is 2.40. The van der Waals surface area contributed by atoms with Crippen molar-refractivity contribution in [1.82, 2.24) is 10.6 Å². The van der Waals surface area contributed by atoms with Gasteiger partial charge in [-0.15, -0.1) is 0 Å². The van der Waals surface area contributed by atoms with Crippen LogP contribution in [0.5, 0.6) is 0 Å². The molecular weight excluding hydrogens is 276 g/mol. The molecule has 0 heterocycles. The molecule has 1 aromatic rings. The third kappa shape index (κ3) is 6.57. The lowest BCUT2D eigenvalue weighted by atomic mass is 10.1. The normalized spacial score (nSPS) is 10.4. The lowest BCUT2D eigenvalue weighted by Gasteiger charge is -2.08. The summed E-state index contributed by atoms with van der Waals surface area (Å²) in [5, 5.41) is 5.88. The predicted octanol–water partition coefficient (Wildman–Crippen LogP) is 2.16. The maximum atomic E-state index is 11.5. The molecule has 20 heavy (non-hydrogen) atoms. The van der Waals surface area contributed by atoms with Crippen molar-refractivity contribution in [2.45, 2.75) is 26.7 Å². The Morgan fingerprint density at radius 1 is 1.05 bits per heavy atom. The lowest BCUT2D eigenvalue weighted by molar-refractivity contribution is -0.139. The first kappa shape index (κ1) is 16.5. The Hall–Kier alpha value is -1.55. The van der Waals surface area contributed by atoms with Gasteiger partial charge in [0, 0.05) is 18.1 Å². The van der Waals surface area contributed by atoms with Gasteiger partial charge in [0.05, 0.1) is 0 Å². The molecule has 1 rings (SSSR count). The summed E-state index contributed by atoms with van der Waals surface area (Å²) in [5.41, 5.74) is 1.06. The van der Waals surface area contributed by atoms with E-state index in [1.165, 1.54) is 0 Å². The summed E-state index contributed by atoms with van der Waals surface area (Å²) in [6.45, 7) is 5.09. The monoisotopic (exact) mass is 296 g/mol. The van der Waals surface area contributed by atoms with Crippen LogP contribution in [0.15, 0.2) is 24.3 Å². The van der Waals surface area contributed by atoms with Crippen LogP contribution in [0.1, 0.15) is 25.8 Å². The van der Waals surface area contributed by atoms with E-state index in [9.17, 15) is 9.59 Å². The number of carbonyl (C=O) groups excluding carboxylic acids is 2. The van der Waals surface area contributed by atoms with E-state index in [1.807, 2.05) is 12.1 Å². The fourth-order valence-corrected chi connectivity index (χ4v) is 1.73. The number of rotatable bonds is 6. The van der Waals surface area contributed by atoms with Gasteiger partial charge in [-0.05, 0) is 36.5 Å². The Labute approximate surface area is 124 Å². The fourth-order valence-electron chi connectivity index (χ4n) is 1.61. The minimum atomic E-state index is -0.581. The summed E-state index contributed by atoms with van der Waals surface area (Å²) >= 11 is 5.79. The molecule has 110 valence electrons. The van der Waals surface area contributed by atoms with Crippen LogP contribution in [0.3, 0.4) is 0 Å². The summed E-state index contributed by atoms with van der Waals surface area (Å²) in [6.07, 6.45) is 1.53. The van der Waals surface area contributed by atoms with Gasteiger partial charge in [0.2, 0.25) is 0 Å². The van der Waals surface area contributed by atoms with Gasteiger partial charge in [-0.3, -0.25) is 9.59 Å². The highest BCUT2D eigenvalue weighted by Gasteiger charge is 2.11. The van der Waals surface area contributed by atoms with Gasteiger partial charge in [-0.25, -0.2) is 0 Å². The Balaban J connectivity index is 2.22. The van der Waals surface area contributed by atoms with Crippen LogP contribution < -0.4 is 10.6 Å². The Morgan fingerprint density at radius 2 is 1.60 bits per heavy atom. The molecule has 0 saturated carbocycles. The molecule has 0 unspecified atom stereocenters. The molecule has 1 aromatic carbocycles. The van der Waals surface area contributed by atoms with Gasteiger partial charge in [0.25, 0.3) is 0 Å². The van der Waals surface area contributed by atoms with Crippen LogP contribution in [-0.2, 0) is 16.0 Å². The Morgan fingerprint density at radius 3 is 2.15 bits per heavy atom. The van der Waals surface area contributed by atoms with Gasteiger partial charge >= 0.3 is 11.8 Å². The number of halogens is 1. The van der Waals surface area contributed by atoms with E-state index in [0.717, 1.165) is 12.0 Å². The quantitative estimate of drug-likeness (QED) is 0.790. The average molecular weight is 297 g/mol. The number of hydrogen-bond acceptors (Lipinski definition) is 2. The molecule has 0 bridgehead atoms. The van der Waals surface area contributed by atoms with Gasteiger partial charge in [-0.1, -0.05) is 37.6 Å². The first-order valence-electron chi connectivity index (χ1n) is 6.79. The Bertz CT molecular complexity index is 444. The van der Waals surface area contributed by atoms with Crippen molar-refractivity contribution < 1.29 is 9.59 Å². The van der Waals surface area contributed by atoms with Crippen LogP contribution in [0, 0.1) is 5.92 Å². The Kier molecular flexibility index (Phi) is 7.09. The van der Waals surface area contributed by atoms with Gasteiger partial charge < -0.3 is 10.6 Å². The largest absolute Gasteiger partial charge is 0.348 e. The number of amides is 2. The molecule has 0 spiro atoms. The van der Waals surface area contributed by atoms with Crippen LogP contribution >= 0.6 is 11.6 Å². The van der Waals surface area contributed by atoms with E-state index in [0.29, 0.717) is 30.5 Å². The van der Waals surface area contributed by atoms with Crippen LogP contribution in [-0.4, -0.2) is 24.9 Å². The van der Waals surface area contributed by atoms with E-state index in [4.69, 9.17) is 11.6 Å². The zero-order chi connectivity index (χ0) is 15.0. The second-order valence-electron chi connectivity index (χ2n) is 5.07. The van der Waals surface area contributed by atoms with Crippen molar-refractivity contribution in [3.05, 3.63) is 34.9 Å². The molecule has 4 nitrogen and oxygen atoms in total. The fraction of sp³-hybridized carbons (Fsp3) is 0.467. The zero-order valence-electron chi connectivity index (χ0n) is 11.9. The minimum absolute atomic E-state index is 0.429. The number of nitrogens with one attached hydrogen (secondary N) is 2. The summed E-state index contributed by atoms with van der Waals surface area (Å²) in [5.74, 6) is -0.646. The molecule has 2 N–H and O–H groups in total. The van der Waals surface area contributed by atoms with Crippen molar-refractivity contribution in [1.29, 1.82) is 0 Å². The molecule has 2 amide bonds. The maximum Gasteiger partial charge on any atom is 0.309 e. The number of hydrogen-bond donors (Lipinski definition) is 2. The molecule has 0 aromatic heterocycles. The van der Waals surface area contributed by atoms with Crippen molar-refractivity contribution in [3.8, 4) is 0 Å². The van der Waals surface area contributed by atoms with Crippen molar-refractivity contribution >= 4 is 23.4 Å². The van der Waals surface area contributed by atoms with E-state index >= 15 is 0 Å². The second-order valence-corrected chi connectivity index (χ2v) is 5.51. The van der Waals surface area contributed by atoms with Gasteiger partial charge in [0.15, 0.2) is 0 Å². The van der Waals surface area contributed by atoms with E-state index in [2.05, 4.69) is 24.5 Å². The van der Waals surface area contributed by atoms with E-state index in [1.54, 1.807) is 12.1 Å². The van der Waals surface area contributed by atoms with Gasteiger partial charge in [0.1, 0.15) is 0 Å². The molecule has 0 aliphatic rings. The second kappa shape index (κ2) is 8.59. The first-order valence-corrected chi connectivity index (χ1v) is 7.17. The van der Waals surface area contributed by atoms with Crippen molar-refractivity contribution in [3.63, 3.8) is 0 Å². The lowest BCUT2D eigenvalue weighted by Crippen LogP contribution is -2.41. The first-order chi connectivity index (χ1) is 9.49. The minimum Gasteiger partial charge on any atom is -0.348 e. The summed E-state index contributed by atoms with van der Waals surface area (Å²) in [4.78, 5) is 23.0. The van der Waals surface area contributed by atoms with Crippen molar-refractivity contribution in [2.75, 3.05) is 13.1 Å². The van der Waals surface area contributed by atoms with E-state index in [-0.39, 0.29) is 0 Å². The molecule has 0 saturated heterocycles. The van der Waals surface area contributed by atoms with Crippen LogP contribution in [0.2, 0.25) is 5.02 Å². The highest BCUT2D eigenvalue weighted by Crippen LogP contribution is 2.09. The summed E-state index contributed by atoms with van der Waals surface area (Å²) in [6, 6.07) is 7.41. The van der Waals surface area contributed by atoms with Crippen molar-refractivity contribution in [2.24, 2.45) is 5.92 Å².